The summed E-state index contributed by atoms with van der Waals surface area (Å²) in [5.74, 6) is -0.126. The van der Waals surface area contributed by atoms with Crippen LogP contribution in [0.25, 0.3) is 0 Å². The molecule has 0 aliphatic carbocycles. The lowest BCUT2D eigenvalue weighted by atomic mass is 10.2. The van der Waals surface area contributed by atoms with Crippen molar-refractivity contribution in [3.8, 4) is 11.5 Å². The van der Waals surface area contributed by atoms with Gasteiger partial charge in [0.1, 0.15) is 11.5 Å². The number of hydrogen-bond acceptors (Lipinski definition) is 6. The highest BCUT2D eigenvalue weighted by molar-refractivity contribution is 7.89. The number of aromatic carboxylic acids is 1. The van der Waals surface area contributed by atoms with Crippen LogP contribution in [0.5, 0.6) is 11.5 Å². The van der Waals surface area contributed by atoms with E-state index in [2.05, 4.69) is 0 Å². The summed E-state index contributed by atoms with van der Waals surface area (Å²) < 4.78 is 33.6. The summed E-state index contributed by atoms with van der Waals surface area (Å²) in [4.78, 5) is 13.2. The summed E-state index contributed by atoms with van der Waals surface area (Å²) in [5.41, 5.74) is 7.45. The molecule has 3 aromatic carbocycles. The van der Waals surface area contributed by atoms with E-state index in [1.165, 1.54) is 10.4 Å². The van der Waals surface area contributed by atoms with E-state index in [-0.39, 0.29) is 10.5 Å². The smallest absolute Gasteiger partial charge is 0.335 e. The maximum Gasteiger partial charge on any atom is 0.335 e. The van der Waals surface area contributed by atoms with Gasteiger partial charge in [-0.15, -0.1) is 0 Å². The van der Waals surface area contributed by atoms with Crippen LogP contribution in [0.1, 0.15) is 10.4 Å². The first kappa shape index (κ1) is 21.7. The minimum atomic E-state index is -3.69. The summed E-state index contributed by atoms with van der Waals surface area (Å²) in [5, 5.41) is 9.03. The molecule has 0 atom stereocenters. The van der Waals surface area contributed by atoms with E-state index in [1.807, 2.05) is 4.90 Å². The zero-order chi connectivity index (χ0) is 22.7. The minimum Gasteiger partial charge on any atom is -0.478 e. The number of para-hydroxylation sites is 2. The fraction of sp³-hybridized carbons (Fsp3) is 0.174. The average molecular weight is 454 g/mol. The molecule has 0 radical (unpaired) electrons. The molecule has 1 heterocycles. The first-order valence-electron chi connectivity index (χ1n) is 10.1. The van der Waals surface area contributed by atoms with E-state index in [4.69, 9.17) is 15.6 Å². The molecule has 0 unspecified atom stereocenters. The van der Waals surface area contributed by atoms with Crippen LogP contribution in [-0.2, 0) is 10.0 Å². The van der Waals surface area contributed by atoms with E-state index >= 15 is 0 Å². The Morgan fingerprint density at radius 1 is 0.906 bits per heavy atom. The van der Waals surface area contributed by atoms with Crippen molar-refractivity contribution in [2.45, 2.75) is 4.90 Å². The van der Waals surface area contributed by atoms with Crippen molar-refractivity contribution in [2.75, 3.05) is 36.8 Å². The van der Waals surface area contributed by atoms with E-state index in [0.717, 1.165) is 5.69 Å². The van der Waals surface area contributed by atoms with Crippen molar-refractivity contribution in [3.05, 3.63) is 78.4 Å². The number of benzene rings is 3. The summed E-state index contributed by atoms with van der Waals surface area (Å²) in [6, 6.07) is 20.0. The molecular formula is C23H23N3O5S. The number of sulfonamides is 1. The Bertz CT molecular complexity index is 1220. The lowest BCUT2D eigenvalue weighted by Gasteiger charge is -2.35. The standard InChI is InChI=1S/C23H23N3O5S/c24-21-6-1-2-7-22(21)31-19-4-3-5-20(16-19)32(29,30)26-14-12-25(13-15-26)18-10-8-17(9-11-18)23(27)28/h1-11,16H,12-15,24H2,(H,27,28). The number of hydrogen-bond donors (Lipinski definition) is 2. The predicted molar refractivity (Wildman–Crippen MR) is 122 cm³/mol. The molecule has 1 fully saturated rings. The second kappa shape index (κ2) is 8.89. The lowest BCUT2D eigenvalue weighted by molar-refractivity contribution is 0.0697. The number of nitrogen functional groups attached to an aromatic ring is 1. The Balaban J connectivity index is 1.45. The van der Waals surface area contributed by atoms with Gasteiger partial charge in [-0.05, 0) is 48.5 Å². The topological polar surface area (TPSA) is 113 Å². The Kier molecular flexibility index (Phi) is 6.02. The molecule has 32 heavy (non-hydrogen) atoms. The molecule has 1 aliphatic rings. The molecule has 0 spiro atoms. The maximum absolute atomic E-state index is 13.2. The number of nitrogens with two attached hydrogens (primary N) is 1. The molecule has 166 valence electrons. The van der Waals surface area contributed by atoms with E-state index in [9.17, 15) is 13.2 Å². The van der Waals surface area contributed by atoms with Gasteiger partial charge in [0.25, 0.3) is 0 Å². The van der Waals surface area contributed by atoms with E-state index < -0.39 is 16.0 Å². The molecule has 0 aromatic heterocycles. The Morgan fingerprint density at radius 2 is 1.59 bits per heavy atom. The van der Waals surface area contributed by atoms with E-state index in [0.29, 0.717) is 43.4 Å². The van der Waals surface area contributed by atoms with Crippen LogP contribution in [0.2, 0.25) is 0 Å². The molecule has 3 N–H and O–H groups in total. The monoisotopic (exact) mass is 453 g/mol. The van der Waals surface area contributed by atoms with Crippen LogP contribution in [0.4, 0.5) is 11.4 Å². The normalized spacial score (nSPS) is 14.8. The highest BCUT2D eigenvalue weighted by Crippen LogP contribution is 2.29. The zero-order valence-electron chi connectivity index (χ0n) is 17.2. The summed E-state index contributed by atoms with van der Waals surface area (Å²) in [6.45, 7) is 1.64. The van der Waals surface area contributed by atoms with Gasteiger partial charge in [0.05, 0.1) is 16.1 Å². The van der Waals surface area contributed by atoms with Crippen LogP contribution < -0.4 is 15.4 Å². The minimum absolute atomic E-state index is 0.156. The largest absolute Gasteiger partial charge is 0.478 e. The third-order valence-corrected chi connectivity index (χ3v) is 7.20. The second-order valence-corrected chi connectivity index (χ2v) is 9.30. The number of rotatable bonds is 6. The van der Waals surface area contributed by atoms with Crippen LogP contribution >= 0.6 is 0 Å². The molecule has 0 bridgehead atoms. The molecule has 8 nitrogen and oxygen atoms in total. The maximum atomic E-state index is 13.2. The van der Waals surface area contributed by atoms with Crippen molar-refractivity contribution in [2.24, 2.45) is 0 Å². The fourth-order valence-electron chi connectivity index (χ4n) is 3.55. The van der Waals surface area contributed by atoms with Gasteiger partial charge in [-0.2, -0.15) is 4.31 Å². The average Bonchev–Trinajstić information content (AvgIpc) is 2.81. The van der Waals surface area contributed by atoms with Gasteiger partial charge in [0, 0.05) is 37.9 Å². The Labute approximate surface area is 186 Å². The molecule has 0 amide bonds. The molecular weight excluding hydrogens is 430 g/mol. The van der Waals surface area contributed by atoms with Crippen molar-refractivity contribution < 1.29 is 23.1 Å². The molecule has 1 aliphatic heterocycles. The third-order valence-electron chi connectivity index (χ3n) is 5.31. The lowest BCUT2D eigenvalue weighted by Crippen LogP contribution is -2.48. The first-order valence-corrected chi connectivity index (χ1v) is 11.5. The van der Waals surface area contributed by atoms with Gasteiger partial charge < -0.3 is 20.5 Å². The zero-order valence-corrected chi connectivity index (χ0v) is 18.0. The molecule has 1 saturated heterocycles. The molecule has 3 aromatic rings. The van der Waals surface area contributed by atoms with Crippen molar-refractivity contribution >= 4 is 27.4 Å². The quantitative estimate of drug-likeness (QED) is 0.551. The van der Waals surface area contributed by atoms with Gasteiger partial charge in [0.15, 0.2) is 0 Å². The molecule has 4 rings (SSSR count). The van der Waals surface area contributed by atoms with E-state index in [1.54, 1.807) is 66.7 Å². The van der Waals surface area contributed by atoms with Crippen LogP contribution in [0, 0.1) is 0 Å². The fourth-order valence-corrected chi connectivity index (χ4v) is 5.01. The van der Waals surface area contributed by atoms with Gasteiger partial charge in [-0.3, -0.25) is 0 Å². The van der Waals surface area contributed by atoms with Crippen LogP contribution in [-0.4, -0.2) is 50.0 Å². The van der Waals surface area contributed by atoms with Crippen LogP contribution in [0.15, 0.2) is 77.7 Å². The molecule has 0 saturated carbocycles. The second-order valence-electron chi connectivity index (χ2n) is 7.36. The van der Waals surface area contributed by atoms with Gasteiger partial charge >= 0.3 is 5.97 Å². The first-order chi connectivity index (χ1) is 15.3. The number of carboxylic acids is 1. The number of anilines is 2. The SMILES string of the molecule is Nc1ccccc1Oc1cccc(S(=O)(=O)N2CCN(c3ccc(C(=O)O)cc3)CC2)c1. The summed E-state index contributed by atoms with van der Waals surface area (Å²) in [7, 11) is -3.69. The number of piperazine rings is 1. The number of carboxylic acid groups (broad SMARTS) is 1. The number of carbonyl (C=O) groups is 1. The van der Waals surface area contributed by atoms with Gasteiger partial charge in [-0.1, -0.05) is 18.2 Å². The van der Waals surface area contributed by atoms with Crippen molar-refractivity contribution in [1.82, 2.24) is 4.31 Å². The number of nitrogens with zero attached hydrogens (tertiary/aromatic N) is 2. The van der Waals surface area contributed by atoms with Gasteiger partial charge in [0.2, 0.25) is 10.0 Å². The van der Waals surface area contributed by atoms with Gasteiger partial charge in [-0.25, -0.2) is 13.2 Å². The summed E-state index contributed by atoms with van der Waals surface area (Å²) >= 11 is 0. The summed E-state index contributed by atoms with van der Waals surface area (Å²) in [6.07, 6.45) is 0. The highest BCUT2D eigenvalue weighted by Gasteiger charge is 2.29. The number of ether oxygens (including phenoxy) is 1. The predicted octanol–water partition coefficient (Wildman–Crippen LogP) is 3.27. The third kappa shape index (κ3) is 4.53. The Morgan fingerprint density at radius 3 is 2.25 bits per heavy atom. The molecule has 9 heteroatoms. The van der Waals surface area contributed by atoms with Crippen molar-refractivity contribution in [1.29, 1.82) is 0 Å². The highest BCUT2D eigenvalue weighted by atomic mass is 32.2. The van der Waals surface area contributed by atoms with Crippen molar-refractivity contribution in [3.63, 3.8) is 0 Å². The van der Waals surface area contributed by atoms with Crippen LogP contribution in [0.3, 0.4) is 0 Å². The Hall–Kier alpha value is -3.56.